The molecule has 4 nitrogen and oxygen atoms in total. The number of hydrogen-bond acceptors (Lipinski definition) is 2. The Balaban J connectivity index is 1.52. The van der Waals surface area contributed by atoms with Gasteiger partial charge < -0.3 is 15.0 Å². The molecule has 0 radical (unpaired) electrons. The fourth-order valence-electron chi connectivity index (χ4n) is 5.46. The molecule has 1 amide bonds. The summed E-state index contributed by atoms with van der Waals surface area (Å²) in [5.74, 6) is 0.0538. The molecule has 2 N–H and O–H groups in total. The third-order valence-corrected chi connectivity index (χ3v) is 7.04. The highest BCUT2D eigenvalue weighted by atomic mass is 19.1. The Morgan fingerprint density at radius 2 is 1.67 bits per heavy atom. The van der Waals surface area contributed by atoms with Crippen molar-refractivity contribution in [3.63, 3.8) is 0 Å². The molecular weight excluding hydrogens is 415 g/mol. The van der Waals surface area contributed by atoms with Crippen molar-refractivity contribution >= 4 is 5.91 Å². The number of carbonyl (C=O) groups is 1. The molecule has 4 rings (SSSR count). The fourth-order valence-corrected chi connectivity index (χ4v) is 5.46. The highest BCUT2D eigenvalue weighted by molar-refractivity contribution is 5.91. The number of benzene rings is 3. The maximum atomic E-state index is 13.4. The van der Waals surface area contributed by atoms with Crippen molar-refractivity contribution in [2.75, 3.05) is 33.3 Å². The van der Waals surface area contributed by atoms with Gasteiger partial charge in [0.25, 0.3) is 0 Å². The predicted octanol–water partition coefficient (Wildman–Crippen LogP) is 4.53. The molecular formula is C28H32FN2O2+. The number of likely N-dealkylation sites (tertiary alicyclic amines) is 1. The van der Waals surface area contributed by atoms with Gasteiger partial charge in [0.15, 0.2) is 0 Å². The van der Waals surface area contributed by atoms with E-state index in [1.165, 1.54) is 12.1 Å². The summed E-state index contributed by atoms with van der Waals surface area (Å²) in [6.45, 7) is 3.27. The minimum absolute atomic E-state index is 0.0916. The molecule has 2 atom stereocenters. The molecule has 33 heavy (non-hydrogen) atoms. The van der Waals surface area contributed by atoms with Crippen molar-refractivity contribution in [1.82, 2.24) is 0 Å². The topological polar surface area (TPSA) is 52.3 Å². The lowest BCUT2D eigenvalue weighted by atomic mass is 9.64. The summed E-state index contributed by atoms with van der Waals surface area (Å²) >= 11 is 0. The maximum absolute atomic E-state index is 13.4. The molecule has 0 aliphatic carbocycles. The van der Waals surface area contributed by atoms with Gasteiger partial charge >= 0.3 is 0 Å². The van der Waals surface area contributed by atoms with E-state index in [-0.39, 0.29) is 17.6 Å². The second kappa shape index (κ2) is 9.75. The molecule has 172 valence electrons. The number of hydrogen-bond donors (Lipinski definition) is 1. The molecule has 1 fully saturated rings. The number of quaternary nitrogens is 1. The zero-order chi connectivity index (χ0) is 23.3. The number of halogens is 1. The summed E-state index contributed by atoms with van der Waals surface area (Å²) in [5, 5.41) is 0. The first-order chi connectivity index (χ1) is 15.9. The zero-order valence-electron chi connectivity index (χ0n) is 19.1. The lowest BCUT2D eigenvalue weighted by Crippen LogP contribution is -2.51. The van der Waals surface area contributed by atoms with Gasteiger partial charge in [0, 0.05) is 24.8 Å². The predicted molar refractivity (Wildman–Crippen MR) is 128 cm³/mol. The van der Waals surface area contributed by atoms with Crippen LogP contribution in [-0.2, 0) is 10.2 Å². The standard InChI is InChI=1S/C28H31FN2O2/c1-31(17-9-19-33-26-15-8-14-25(29)20-26)18-16-24(21-31)28(27(30)32,22-10-4-2-5-11-22)23-12-6-3-7-13-23/h2-8,10-15,20,24H,9,16-19,21H2,1H3,(H-,30,32)/p+1/t24?,31-/m0/s1. The van der Waals surface area contributed by atoms with Crippen LogP contribution in [0.15, 0.2) is 84.9 Å². The molecule has 3 aromatic carbocycles. The van der Waals surface area contributed by atoms with Crippen LogP contribution in [-0.4, -0.2) is 43.7 Å². The van der Waals surface area contributed by atoms with Crippen LogP contribution >= 0.6 is 0 Å². The molecule has 0 bridgehead atoms. The zero-order valence-corrected chi connectivity index (χ0v) is 19.1. The second-order valence-corrected chi connectivity index (χ2v) is 9.30. The van der Waals surface area contributed by atoms with Crippen molar-refractivity contribution in [1.29, 1.82) is 0 Å². The summed E-state index contributed by atoms with van der Waals surface area (Å²) in [4.78, 5) is 13.2. The van der Waals surface area contributed by atoms with E-state index in [0.29, 0.717) is 12.4 Å². The minimum Gasteiger partial charge on any atom is -0.493 e. The number of rotatable bonds is 9. The summed E-state index contributed by atoms with van der Waals surface area (Å²) < 4.78 is 20.0. The monoisotopic (exact) mass is 447 g/mol. The molecule has 0 spiro atoms. The highest BCUT2D eigenvalue weighted by Gasteiger charge is 2.53. The van der Waals surface area contributed by atoms with Crippen molar-refractivity contribution in [3.8, 4) is 5.75 Å². The first-order valence-corrected chi connectivity index (χ1v) is 11.6. The Morgan fingerprint density at radius 3 is 2.24 bits per heavy atom. The second-order valence-electron chi connectivity index (χ2n) is 9.30. The van der Waals surface area contributed by atoms with Crippen LogP contribution in [0.1, 0.15) is 24.0 Å². The van der Waals surface area contributed by atoms with Gasteiger partial charge in [-0.2, -0.15) is 0 Å². The molecule has 1 aliphatic heterocycles. The molecule has 1 heterocycles. The van der Waals surface area contributed by atoms with Crippen LogP contribution in [0.2, 0.25) is 0 Å². The van der Waals surface area contributed by atoms with E-state index in [1.807, 2.05) is 60.7 Å². The van der Waals surface area contributed by atoms with Crippen LogP contribution in [0.25, 0.3) is 0 Å². The van der Waals surface area contributed by atoms with Crippen LogP contribution in [0.3, 0.4) is 0 Å². The average Bonchev–Trinajstić information content (AvgIpc) is 3.21. The Morgan fingerprint density at radius 1 is 1.03 bits per heavy atom. The van der Waals surface area contributed by atoms with Crippen LogP contribution in [0, 0.1) is 11.7 Å². The Hall–Kier alpha value is -3.18. The van der Waals surface area contributed by atoms with Gasteiger partial charge in [-0.1, -0.05) is 66.7 Å². The van der Waals surface area contributed by atoms with Gasteiger partial charge in [0.2, 0.25) is 5.91 Å². The third-order valence-electron chi connectivity index (χ3n) is 7.04. The van der Waals surface area contributed by atoms with E-state index in [0.717, 1.165) is 48.1 Å². The van der Waals surface area contributed by atoms with Crippen molar-refractivity contribution in [2.45, 2.75) is 18.3 Å². The number of primary amides is 1. The quantitative estimate of drug-likeness (QED) is 0.387. The molecule has 3 aromatic rings. The molecule has 1 saturated heterocycles. The minimum atomic E-state index is -0.864. The van der Waals surface area contributed by atoms with E-state index in [4.69, 9.17) is 10.5 Å². The normalized spacial score (nSPS) is 20.5. The van der Waals surface area contributed by atoms with E-state index in [2.05, 4.69) is 7.05 Å². The van der Waals surface area contributed by atoms with Crippen LogP contribution in [0.5, 0.6) is 5.75 Å². The van der Waals surface area contributed by atoms with Gasteiger partial charge in [0.05, 0.1) is 33.3 Å². The third kappa shape index (κ3) is 4.79. The smallest absolute Gasteiger partial charge is 0.233 e. The molecule has 0 saturated carbocycles. The number of nitrogens with zero attached hydrogens (tertiary/aromatic N) is 1. The van der Waals surface area contributed by atoms with E-state index >= 15 is 0 Å². The van der Waals surface area contributed by atoms with Crippen LogP contribution < -0.4 is 10.5 Å². The lowest BCUT2D eigenvalue weighted by Gasteiger charge is -2.38. The molecule has 1 unspecified atom stereocenters. The van der Waals surface area contributed by atoms with Gasteiger partial charge in [-0.15, -0.1) is 0 Å². The Bertz CT molecular complexity index is 1030. The fraction of sp³-hybridized carbons (Fsp3) is 0.321. The van der Waals surface area contributed by atoms with Gasteiger partial charge in [-0.25, -0.2) is 4.39 Å². The Kier molecular flexibility index (Phi) is 6.80. The number of carbonyl (C=O) groups excluding carboxylic acids is 1. The van der Waals surface area contributed by atoms with E-state index in [1.54, 1.807) is 12.1 Å². The van der Waals surface area contributed by atoms with E-state index in [9.17, 15) is 9.18 Å². The van der Waals surface area contributed by atoms with Crippen molar-refractivity contribution in [2.24, 2.45) is 11.7 Å². The molecule has 1 aliphatic rings. The van der Waals surface area contributed by atoms with Crippen LogP contribution in [0.4, 0.5) is 4.39 Å². The first-order valence-electron chi connectivity index (χ1n) is 11.6. The largest absolute Gasteiger partial charge is 0.493 e. The summed E-state index contributed by atoms with van der Waals surface area (Å²) in [6, 6.07) is 26.2. The molecule has 5 heteroatoms. The van der Waals surface area contributed by atoms with E-state index < -0.39 is 5.41 Å². The Labute approximate surface area is 195 Å². The first kappa shape index (κ1) is 23.0. The van der Waals surface area contributed by atoms with Gasteiger partial charge in [-0.3, -0.25) is 4.79 Å². The van der Waals surface area contributed by atoms with Gasteiger partial charge in [0.1, 0.15) is 17.0 Å². The number of nitrogens with two attached hydrogens (primary N) is 1. The average molecular weight is 448 g/mol. The SMILES string of the molecule is C[N@+]1(CCCOc2cccc(F)c2)CCC(C(C(N)=O)(c2ccccc2)c2ccccc2)C1. The highest BCUT2D eigenvalue weighted by Crippen LogP contribution is 2.45. The summed E-state index contributed by atoms with van der Waals surface area (Å²) in [7, 11) is 2.24. The number of ether oxygens (including phenoxy) is 1. The van der Waals surface area contributed by atoms with Gasteiger partial charge in [-0.05, 0) is 23.3 Å². The lowest BCUT2D eigenvalue weighted by molar-refractivity contribution is -0.899. The summed E-state index contributed by atoms with van der Waals surface area (Å²) in [6.07, 6.45) is 1.76. The van der Waals surface area contributed by atoms with Crippen molar-refractivity contribution in [3.05, 3.63) is 102 Å². The summed E-state index contributed by atoms with van der Waals surface area (Å²) in [5.41, 5.74) is 7.25. The van der Waals surface area contributed by atoms with Crippen molar-refractivity contribution < 1.29 is 18.4 Å². The number of amides is 1. The molecule has 0 aromatic heterocycles. The maximum Gasteiger partial charge on any atom is 0.233 e.